The molecule has 3 nitrogen and oxygen atoms in total. The predicted molar refractivity (Wildman–Crippen MR) is 71.3 cm³/mol. The Morgan fingerprint density at radius 1 is 1.50 bits per heavy atom. The van der Waals surface area contributed by atoms with Gasteiger partial charge in [0.05, 0.1) is 5.75 Å². The average molecular weight is 242 g/mol. The van der Waals surface area contributed by atoms with E-state index in [0.29, 0.717) is 12.3 Å². The Hall–Kier alpha value is -0.660. The second-order valence-corrected chi connectivity index (χ2v) is 4.78. The Morgan fingerprint density at radius 3 is 2.56 bits per heavy atom. The minimum Gasteiger partial charge on any atom is -0.339 e. The number of carbonyl (C=O) groups excluding carboxylic acids is 1. The fourth-order valence-electron chi connectivity index (χ4n) is 1.32. The van der Waals surface area contributed by atoms with Crippen LogP contribution in [0.25, 0.3) is 0 Å². The third-order valence-electron chi connectivity index (χ3n) is 2.59. The van der Waals surface area contributed by atoms with Crippen LogP contribution in [0.4, 0.5) is 0 Å². The summed E-state index contributed by atoms with van der Waals surface area (Å²) in [4.78, 5) is 11.6. The molecule has 0 aromatic heterocycles. The first-order valence-corrected chi connectivity index (χ1v) is 6.86. The van der Waals surface area contributed by atoms with Crippen LogP contribution in [0.1, 0.15) is 33.1 Å². The Kier molecular flexibility index (Phi) is 8.14. The minimum absolute atomic E-state index is 0.0173. The van der Waals surface area contributed by atoms with E-state index in [1.807, 2.05) is 13.8 Å². The zero-order valence-corrected chi connectivity index (χ0v) is 11.0. The molecule has 0 spiro atoms. The molecule has 0 bridgehead atoms. The van der Waals surface area contributed by atoms with Gasteiger partial charge in [0.2, 0.25) is 5.91 Å². The van der Waals surface area contributed by atoms with Gasteiger partial charge >= 0.3 is 0 Å². The lowest BCUT2D eigenvalue weighted by Crippen LogP contribution is -2.47. The molecule has 4 heteroatoms. The van der Waals surface area contributed by atoms with Gasteiger partial charge in [0.25, 0.3) is 0 Å². The average Bonchev–Trinajstić information content (AvgIpc) is 2.32. The highest BCUT2D eigenvalue weighted by molar-refractivity contribution is 7.99. The first-order valence-electron chi connectivity index (χ1n) is 5.70. The van der Waals surface area contributed by atoms with Gasteiger partial charge in [-0.2, -0.15) is 11.8 Å². The third-order valence-corrected chi connectivity index (χ3v) is 3.63. The van der Waals surface area contributed by atoms with Crippen molar-refractivity contribution < 1.29 is 4.79 Å². The van der Waals surface area contributed by atoms with Crippen molar-refractivity contribution in [1.82, 2.24) is 5.32 Å². The molecule has 0 fully saturated rings. The van der Waals surface area contributed by atoms with E-state index in [0.717, 1.165) is 25.0 Å². The first-order chi connectivity index (χ1) is 7.64. The number of thioether (sulfide) groups is 1. The maximum Gasteiger partial charge on any atom is 0.231 e. The zero-order chi connectivity index (χ0) is 12.4. The van der Waals surface area contributed by atoms with Gasteiger partial charge in [-0.15, -0.1) is 6.42 Å². The third kappa shape index (κ3) is 5.43. The smallest absolute Gasteiger partial charge is 0.231 e. The minimum atomic E-state index is -0.467. The summed E-state index contributed by atoms with van der Waals surface area (Å²) < 4.78 is 0. The molecular formula is C12H22N2OS. The van der Waals surface area contributed by atoms with E-state index in [4.69, 9.17) is 12.2 Å². The van der Waals surface area contributed by atoms with Crippen LogP contribution in [0.15, 0.2) is 0 Å². The van der Waals surface area contributed by atoms with Crippen molar-refractivity contribution in [3.63, 3.8) is 0 Å². The number of rotatable bonds is 8. The normalized spacial score (nSPS) is 10.9. The lowest BCUT2D eigenvalue weighted by Gasteiger charge is -2.26. The molecule has 0 atom stereocenters. The van der Waals surface area contributed by atoms with Gasteiger partial charge in [-0.3, -0.25) is 4.79 Å². The van der Waals surface area contributed by atoms with Crippen LogP contribution in [0, 0.1) is 12.3 Å². The van der Waals surface area contributed by atoms with E-state index in [2.05, 4.69) is 11.2 Å². The summed E-state index contributed by atoms with van der Waals surface area (Å²) in [6.07, 6.45) is 7.94. The molecule has 16 heavy (non-hydrogen) atoms. The summed E-state index contributed by atoms with van der Waals surface area (Å²) in [5, 5.41) is 2.93. The Bertz CT molecular complexity index is 244. The standard InChI is InChI=1S/C12H22N2OS/c1-4-12(5-2,6-3)14-11(15)10-16-9-7-8-13/h1H,5-10,13H2,2-3H3,(H,14,15). The summed E-state index contributed by atoms with van der Waals surface area (Å²) in [6.45, 7) is 4.66. The largest absolute Gasteiger partial charge is 0.339 e. The van der Waals surface area contributed by atoms with Crippen LogP contribution in [0.5, 0.6) is 0 Å². The fraction of sp³-hybridized carbons (Fsp3) is 0.750. The number of nitrogens with one attached hydrogen (secondary N) is 1. The van der Waals surface area contributed by atoms with Crippen molar-refractivity contribution in [2.75, 3.05) is 18.1 Å². The molecule has 0 unspecified atom stereocenters. The van der Waals surface area contributed by atoms with Crippen molar-refractivity contribution >= 4 is 17.7 Å². The zero-order valence-electron chi connectivity index (χ0n) is 10.2. The van der Waals surface area contributed by atoms with Crippen LogP contribution >= 0.6 is 11.8 Å². The molecule has 0 radical (unpaired) electrons. The summed E-state index contributed by atoms with van der Waals surface area (Å²) in [7, 11) is 0. The molecule has 3 N–H and O–H groups in total. The molecule has 0 saturated heterocycles. The number of amides is 1. The van der Waals surface area contributed by atoms with Crippen molar-refractivity contribution in [1.29, 1.82) is 0 Å². The molecule has 1 amide bonds. The SMILES string of the molecule is C#CC(CC)(CC)NC(=O)CSCCCN. The Balaban J connectivity index is 3.98. The summed E-state index contributed by atoms with van der Waals surface area (Å²) >= 11 is 1.60. The van der Waals surface area contributed by atoms with Crippen LogP contribution in [-0.2, 0) is 4.79 Å². The number of carbonyl (C=O) groups is 1. The molecule has 0 saturated carbocycles. The van der Waals surface area contributed by atoms with Gasteiger partial charge in [-0.25, -0.2) is 0 Å². The van der Waals surface area contributed by atoms with E-state index in [1.165, 1.54) is 0 Å². The van der Waals surface area contributed by atoms with Gasteiger partial charge in [0, 0.05) is 0 Å². The summed E-state index contributed by atoms with van der Waals surface area (Å²) in [5.41, 5.74) is 4.90. The molecule has 92 valence electrons. The number of terminal acetylenes is 1. The molecule has 0 aromatic carbocycles. The number of nitrogens with two attached hydrogens (primary N) is 1. The van der Waals surface area contributed by atoms with E-state index < -0.39 is 5.54 Å². The predicted octanol–water partition coefficient (Wildman–Crippen LogP) is 1.38. The number of hydrogen-bond acceptors (Lipinski definition) is 3. The molecular weight excluding hydrogens is 220 g/mol. The van der Waals surface area contributed by atoms with Gasteiger partial charge in [0.15, 0.2) is 0 Å². The topological polar surface area (TPSA) is 55.1 Å². The van der Waals surface area contributed by atoms with Crippen molar-refractivity contribution in [3.8, 4) is 12.3 Å². The highest BCUT2D eigenvalue weighted by Crippen LogP contribution is 2.14. The van der Waals surface area contributed by atoms with Crippen molar-refractivity contribution in [2.45, 2.75) is 38.6 Å². The monoisotopic (exact) mass is 242 g/mol. The van der Waals surface area contributed by atoms with Gasteiger partial charge < -0.3 is 11.1 Å². The lowest BCUT2D eigenvalue weighted by atomic mass is 9.94. The second-order valence-electron chi connectivity index (χ2n) is 3.68. The highest BCUT2D eigenvalue weighted by atomic mass is 32.2. The quantitative estimate of drug-likeness (QED) is 0.499. The fourth-order valence-corrected chi connectivity index (χ4v) is 2.09. The van der Waals surface area contributed by atoms with E-state index in [-0.39, 0.29) is 5.91 Å². The maximum absolute atomic E-state index is 11.6. The molecule has 0 heterocycles. The van der Waals surface area contributed by atoms with E-state index in [1.54, 1.807) is 11.8 Å². The summed E-state index contributed by atoms with van der Waals surface area (Å²) in [6, 6.07) is 0. The first kappa shape index (κ1) is 15.3. The van der Waals surface area contributed by atoms with Crippen LogP contribution < -0.4 is 11.1 Å². The van der Waals surface area contributed by atoms with E-state index in [9.17, 15) is 4.79 Å². The highest BCUT2D eigenvalue weighted by Gasteiger charge is 2.24. The molecule has 0 rings (SSSR count). The van der Waals surface area contributed by atoms with E-state index >= 15 is 0 Å². The maximum atomic E-state index is 11.6. The molecule has 0 aliphatic carbocycles. The molecule has 0 aliphatic rings. The van der Waals surface area contributed by atoms with Crippen molar-refractivity contribution in [3.05, 3.63) is 0 Å². The van der Waals surface area contributed by atoms with Gasteiger partial charge in [0.1, 0.15) is 5.54 Å². The van der Waals surface area contributed by atoms with Gasteiger partial charge in [-0.1, -0.05) is 19.8 Å². The van der Waals surface area contributed by atoms with Crippen LogP contribution in [0.3, 0.4) is 0 Å². The summed E-state index contributed by atoms with van der Waals surface area (Å²) in [5.74, 6) is 4.09. The molecule has 0 aromatic rings. The lowest BCUT2D eigenvalue weighted by molar-refractivity contribution is -0.119. The molecule has 0 aliphatic heterocycles. The van der Waals surface area contributed by atoms with Crippen LogP contribution in [-0.4, -0.2) is 29.5 Å². The van der Waals surface area contributed by atoms with Crippen molar-refractivity contribution in [2.24, 2.45) is 5.73 Å². The number of hydrogen-bond donors (Lipinski definition) is 2. The Labute approximate surface area is 103 Å². The van der Waals surface area contributed by atoms with Crippen LogP contribution in [0.2, 0.25) is 0 Å². The second kappa shape index (κ2) is 8.49. The Morgan fingerprint density at radius 2 is 2.12 bits per heavy atom. The van der Waals surface area contributed by atoms with Gasteiger partial charge in [-0.05, 0) is 31.6 Å².